The Morgan fingerprint density at radius 3 is 1.81 bits per heavy atom. The maximum atomic E-state index is 11.5. The summed E-state index contributed by atoms with van der Waals surface area (Å²) in [6.45, 7) is 1.85. The number of rotatable bonds is 8. The van der Waals surface area contributed by atoms with Crippen LogP contribution in [-0.2, 0) is 25.7 Å². The fourth-order valence-corrected chi connectivity index (χ4v) is 2.64. The topological polar surface area (TPSA) is 167 Å². The van der Waals surface area contributed by atoms with Crippen LogP contribution in [-0.4, -0.2) is 53.9 Å². The van der Waals surface area contributed by atoms with Gasteiger partial charge < -0.3 is 25.0 Å². The van der Waals surface area contributed by atoms with E-state index >= 15 is 0 Å². The summed E-state index contributed by atoms with van der Waals surface area (Å²) in [5.41, 5.74) is 0.515. The van der Waals surface area contributed by atoms with Gasteiger partial charge in [-0.3, -0.25) is 19.2 Å². The van der Waals surface area contributed by atoms with Crippen LogP contribution in [0.1, 0.15) is 34.4 Å². The van der Waals surface area contributed by atoms with E-state index in [2.05, 4.69) is 4.98 Å². The third-order valence-corrected chi connectivity index (χ3v) is 3.92. The lowest BCUT2D eigenvalue weighted by molar-refractivity contribution is -0.153. The van der Waals surface area contributed by atoms with E-state index in [9.17, 15) is 39.6 Å². The van der Waals surface area contributed by atoms with Crippen LogP contribution in [0.5, 0.6) is 0 Å². The normalized spacial score (nSPS) is 10.9. The third-order valence-electron chi connectivity index (χ3n) is 3.92. The molecule has 0 bridgehead atoms. The zero-order chi connectivity index (χ0) is 20.3. The molecule has 1 aromatic heterocycles. The van der Waals surface area contributed by atoms with Crippen molar-refractivity contribution >= 4 is 23.9 Å². The summed E-state index contributed by atoms with van der Waals surface area (Å²) < 4.78 is 1.14. The van der Waals surface area contributed by atoms with Gasteiger partial charge in [0.05, 0.1) is 17.7 Å². The van der Waals surface area contributed by atoms with Crippen molar-refractivity contribution in [3.8, 4) is 0 Å². The van der Waals surface area contributed by atoms with Crippen LogP contribution in [0.3, 0.4) is 0 Å². The number of nitrogens with zero attached hydrogens (tertiary/aromatic N) is 2. The lowest BCUT2D eigenvalue weighted by atomic mass is 9.96. The predicted octanol–water partition coefficient (Wildman–Crippen LogP) is 0.745. The van der Waals surface area contributed by atoms with Crippen LogP contribution in [0.2, 0.25) is 0 Å². The average molecular weight is 376 g/mol. The second kappa shape index (κ2) is 7.68. The minimum absolute atomic E-state index is 0.00830. The molecule has 0 atom stereocenters. The zero-order valence-electron chi connectivity index (χ0n) is 14.1. The largest absolute Gasteiger partial charge is 0.480 e. The average Bonchev–Trinajstić information content (AvgIpc) is 2.91. The highest BCUT2D eigenvalue weighted by Gasteiger charge is 2.40. The van der Waals surface area contributed by atoms with Crippen molar-refractivity contribution in [2.75, 3.05) is 0 Å². The molecule has 0 fully saturated rings. The smallest absolute Gasteiger partial charge is 0.324 e. The summed E-state index contributed by atoms with van der Waals surface area (Å²) in [5, 5.41) is 37.0. The van der Waals surface area contributed by atoms with Crippen molar-refractivity contribution in [1.82, 2.24) is 9.55 Å². The van der Waals surface area contributed by atoms with Crippen LogP contribution in [0.15, 0.2) is 30.6 Å². The van der Waals surface area contributed by atoms with Gasteiger partial charge in [0, 0.05) is 6.54 Å². The maximum Gasteiger partial charge on any atom is 0.324 e. The summed E-state index contributed by atoms with van der Waals surface area (Å²) >= 11 is 0. The van der Waals surface area contributed by atoms with E-state index in [0.717, 1.165) is 16.5 Å². The highest BCUT2D eigenvalue weighted by atomic mass is 16.4. The Labute approximate surface area is 152 Å². The molecule has 0 aliphatic rings. The molecule has 1 aromatic carbocycles. The molecule has 27 heavy (non-hydrogen) atoms. The minimum atomic E-state index is -2.19. The SMILES string of the molecule is Cc1ccc(Cn2cnc(C(C(=O)O)C(=O)O)c2C(C(=O)O)C(=O)O)cc1. The van der Waals surface area contributed by atoms with Crippen molar-refractivity contribution < 1.29 is 39.6 Å². The lowest BCUT2D eigenvalue weighted by Crippen LogP contribution is -2.29. The number of carbonyl (C=O) groups is 4. The molecule has 0 saturated carbocycles. The molecule has 0 aliphatic heterocycles. The molecule has 0 amide bonds. The summed E-state index contributed by atoms with van der Waals surface area (Å²) in [4.78, 5) is 49.4. The number of imidazole rings is 1. The Balaban J connectivity index is 2.64. The van der Waals surface area contributed by atoms with Crippen LogP contribution in [0, 0.1) is 6.92 Å². The number of aliphatic carboxylic acids is 4. The van der Waals surface area contributed by atoms with Crippen LogP contribution < -0.4 is 0 Å². The molecule has 2 aromatic rings. The quantitative estimate of drug-likeness (QED) is 0.486. The number of carboxylic acid groups (broad SMARTS) is 4. The molecular formula is C17H16N2O8. The second-order valence-corrected chi connectivity index (χ2v) is 5.85. The fraction of sp³-hybridized carbons (Fsp3) is 0.235. The first-order chi connectivity index (χ1) is 12.6. The fourth-order valence-electron chi connectivity index (χ4n) is 2.64. The number of benzene rings is 1. The summed E-state index contributed by atoms with van der Waals surface area (Å²) in [6.07, 6.45) is 1.04. The van der Waals surface area contributed by atoms with E-state index in [4.69, 9.17) is 0 Å². The van der Waals surface area contributed by atoms with Crippen molar-refractivity contribution in [2.45, 2.75) is 25.3 Å². The number of hydrogen-bond acceptors (Lipinski definition) is 5. The predicted molar refractivity (Wildman–Crippen MR) is 88.5 cm³/mol. The summed E-state index contributed by atoms with van der Waals surface area (Å²) in [5.74, 6) is -11.4. The Bertz CT molecular complexity index is 872. The first-order valence-corrected chi connectivity index (χ1v) is 7.65. The molecule has 10 heteroatoms. The Hall–Kier alpha value is -3.69. The molecule has 4 N–H and O–H groups in total. The first kappa shape index (κ1) is 19.6. The van der Waals surface area contributed by atoms with Crippen molar-refractivity contribution in [3.63, 3.8) is 0 Å². The molecule has 10 nitrogen and oxygen atoms in total. The van der Waals surface area contributed by atoms with Crippen molar-refractivity contribution in [3.05, 3.63) is 53.1 Å². The molecule has 0 unspecified atom stereocenters. The molecule has 1 heterocycles. The van der Waals surface area contributed by atoms with Crippen LogP contribution in [0.25, 0.3) is 0 Å². The molecule has 0 aliphatic carbocycles. The molecule has 0 saturated heterocycles. The number of hydrogen-bond donors (Lipinski definition) is 4. The first-order valence-electron chi connectivity index (χ1n) is 7.65. The molecular weight excluding hydrogens is 360 g/mol. The number of aryl methyl sites for hydroxylation is 1. The van der Waals surface area contributed by atoms with E-state index in [-0.39, 0.29) is 6.54 Å². The second-order valence-electron chi connectivity index (χ2n) is 5.85. The molecule has 142 valence electrons. The van der Waals surface area contributed by atoms with Gasteiger partial charge in [-0.2, -0.15) is 0 Å². The minimum Gasteiger partial charge on any atom is -0.480 e. The molecule has 0 spiro atoms. The standard InChI is InChI=1S/C17H16N2O8/c1-8-2-4-9(5-3-8)6-19-7-18-12(10(14(20)21)15(22)23)13(19)11(16(24)25)17(26)27/h2-5,7,10-11H,6H2,1H3,(H,20,21)(H,22,23)(H,24,25)(H,26,27). The summed E-state index contributed by atoms with van der Waals surface area (Å²) in [7, 11) is 0. The van der Waals surface area contributed by atoms with E-state index in [1.165, 1.54) is 0 Å². The zero-order valence-corrected chi connectivity index (χ0v) is 14.1. The highest BCUT2D eigenvalue weighted by molar-refractivity contribution is 6.02. The van der Waals surface area contributed by atoms with Gasteiger partial charge in [-0.25, -0.2) is 4.98 Å². The van der Waals surface area contributed by atoms with Crippen molar-refractivity contribution in [2.24, 2.45) is 0 Å². The number of aromatic nitrogens is 2. The van der Waals surface area contributed by atoms with E-state index in [0.29, 0.717) is 5.56 Å². The lowest BCUT2D eigenvalue weighted by Gasteiger charge is -2.16. The number of carboxylic acids is 4. The van der Waals surface area contributed by atoms with Gasteiger partial charge in [0.25, 0.3) is 0 Å². The van der Waals surface area contributed by atoms with Crippen LogP contribution >= 0.6 is 0 Å². The molecule has 0 radical (unpaired) electrons. The Morgan fingerprint density at radius 1 is 0.889 bits per heavy atom. The Kier molecular flexibility index (Phi) is 5.59. The molecule has 2 rings (SSSR count). The maximum absolute atomic E-state index is 11.5. The van der Waals surface area contributed by atoms with Gasteiger partial charge >= 0.3 is 23.9 Å². The van der Waals surface area contributed by atoms with Gasteiger partial charge in [0.15, 0.2) is 11.8 Å². The van der Waals surface area contributed by atoms with E-state index in [1.54, 1.807) is 24.3 Å². The van der Waals surface area contributed by atoms with E-state index < -0.39 is 47.1 Å². The third kappa shape index (κ3) is 4.11. The van der Waals surface area contributed by atoms with Gasteiger partial charge in [-0.1, -0.05) is 29.8 Å². The summed E-state index contributed by atoms with van der Waals surface area (Å²) in [6, 6.07) is 7.02. The highest BCUT2D eigenvalue weighted by Crippen LogP contribution is 2.28. The van der Waals surface area contributed by atoms with Gasteiger partial charge in [-0.15, -0.1) is 0 Å². The van der Waals surface area contributed by atoms with Crippen molar-refractivity contribution in [1.29, 1.82) is 0 Å². The van der Waals surface area contributed by atoms with Gasteiger partial charge in [0.2, 0.25) is 0 Å². The van der Waals surface area contributed by atoms with E-state index in [1.807, 2.05) is 6.92 Å². The van der Waals surface area contributed by atoms with Gasteiger partial charge in [-0.05, 0) is 12.5 Å². The monoisotopic (exact) mass is 376 g/mol. The van der Waals surface area contributed by atoms with Crippen LogP contribution in [0.4, 0.5) is 0 Å². The van der Waals surface area contributed by atoms with Gasteiger partial charge in [0.1, 0.15) is 0 Å². The Morgan fingerprint density at radius 2 is 1.37 bits per heavy atom.